The smallest absolute Gasteiger partial charge is 0.317 e. The first-order valence-corrected chi connectivity index (χ1v) is 7.30. The Morgan fingerprint density at radius 2 is 2.00 bits per heavy atom. The number of amides is 3. The minimum atomic E-state index is -0.901. The third-order valence-corrected chi connectivity index (χ3v) is 5.37. The number of likely N-dealkylation sites (N-methyl/N-ethyl adjacent to an activating group) is 1. The predicted octanol–water partition coefficient (Wildman–Crippen LogP) is -0.0323. The topological polar surface area (TPSA) is 90.0 Å². The van der Waals surface area contributed by atoms with Crippen molar-refractivity contribution in [1.82, 2.24) is 15.1 Å². The van der Waals surface area contributed by atoms with Crippen molar-refractivity contribution in [3.8, 4) is 0 Å². The van der Waals surface area contributed by atoms with Crippen LogP contribution in [0.4, 0.5) is 4.79 Å². The van der Waals surface area contributed by atoms with E-state index < -0.39 is 23.2 Å². The van der Waals surface area contributed by atoms with Crippen LogP contribution in [0.25, 0.3) is 0 Å². The zero-order chi connectivity index (χ0) is 15.5. The maximum atomic E-state index is 12.6. The molecule has 0 unspecified atom stereocenters. The van der Waals surface area contributed by atoms with Crippen molar-refractivity contribution in [1.29, 1.82) is 0 Å². The van der Waals surface area contributed by atoms with Crippen molar-refractivity contribution in [2.45, 2.75) is 32.4 Å². The van der Waals surface area contributed by atoms with Crippen LogP contribution in [-0.2, 0) is 9.59 Å². The number of rotatable bonds is 2. The lowest BCUT2D eigenvalue weighted by atomic mass is 9.99. The molecule has 7 nitrogen and oxygen atoms in total. The van der Waals surface area contributed by atoms with E-state index in [0.29, 0.717) is 13.1 Å². The van der Waals surface area contributed by atoms with Gasteiger partial charge < -0.3 is 20.2 Å². The van der Waals surface area contributed by atoms with E-state index in [1.807, 2.05) is 13.8 Å². The second-order valence-electron chi connectivity index (χ2n) is 6.92. The molecule has 3 amide bonds. The molecule has 2 saturated heterocycles. The van der Waals surface area contributed by atoms with Gasteiger partial charge in [-0.25, -0.2) is 4.79 Å². The highest BCUT2D eigenvalue weighted by Gasteiger charge is 2.66. The number of urea groups is 1. The molecule has 4 atom stereocenters. The number of fused-ring (bicyclic) bond motifs is 1. The molecule has 1 saturated carbocycles. The van der Waals surface area contributed by atoms with Gasteiger partial charge in [-0.3, -0.25) is 9.59 Å². The summed E-state index contributed by atoms with van der Waals surface area (Å²) in [6.45, 7) is 4.70. The molecule has 7 heteroatoms. The summed E-state index contributed by atoms with van der Waals surface area (Å²) >= 11 is 0. The van der Waals surface area contributed by atoms with Crippen LogP contribution in [0.15, 0.2) is 0 Å². The van der Waals surface area contributed by atoms with Gasteiger partial charge in [0.1, 0.15) is 0 Å². The van der Waals surface area contributed by atoms with Crippen molar-refractivity contribution in [3.05, 3.63) is 0 Å². The average molecular weight is 295 g/mol. The number of nitrogens with zero attached hydrogens (tertiary/aromatic N) is 2. The Morgan fingerprint density at radius 3 is 2.57 bits per heavy atom. The highest BCUT2D eigenvalue weighted by molar-refractivity contribution is 5.92. The Balaban J connectivity index is 1.68. The van der Waals surface area contributed by atoms with Crippen molar-refractivity contribution in [3.63, 3.8) is 0 Å². The summed E-state index contributed by atoms with van der Waals surface area (Å²) in [6.07, 6.45) is 0.733. The second kappa shape index (κ2) is 4.35. The zero-order valence-corrected chi connectivity index (χ0v) is 12.5. The van der Waals surface area contributed by atoms with Crippen LogP contribution in [0.2, 0.25) is 0 Å². The molecule has 0 aromatic carbocycles. The number of aliphatic carboxylic acids is 1. The van der Waals surface area contributed by atoms with Crippen LogP contribution in [0.3, 0.4) is 0 Å². The fourth-order valence-corrected chi connectivity index (χ4v) is 3.91. The van der Waals surface area contributed by atoms with Gasteiger partial charge in [0.05, 0.1) is 23.9 Å². The number of hydrogen-bond donors (Lipinski definition) is 2. The number of carbonyl (C=O) groups is 3. The first-order chi connectivity index (χ1) is 9.75. The summed E-state index contributed by atoms with van der Waals surface area (Å²) in [4.78, 5) is 38.8. The van der Waals surface area contributed by atoms with Gasteiger partial charge in [0.2, 0.25) is 5.91 Å². The summed E-state index contributed by atoms with van der Waals surface area (Å²) in [5.74, 6) is -2.03. The number of carbonyl (C=O) groups excluding carboxylic acids is 2. The molecule has 2 heterocycles. The maximum absolute atomic E-state index is 12.6. The van der Waals surface area contributed by atoms with Crippen molar-refractivity contribution >= 4 is 17.9 Å². The Labute approximate surface area is 123 Å². The molecule has 0 radical (unpaired) electrons. The molecule has 0 aromatic heterocycles. The monoisotopic (exact) mass is 295 g/mol. The van der Waals surface area contributed by atoms with Gasteiger partial charge in [0.15, 0.2) is 0 Å². The quantitative estimate of drug-likeness (QED) is 0.748. The fourth-order valence-electron chi connectivity index (χ4n) is 3.91. The average Bonchev–Trinajstić information content (AvgIpc) is 2.88. The van der Waals surface area contributed by atoms with Gasteiger partial charge in [-0.2, -0.15) is 0 Å². The molecule has 116 valence electrons. The van der Waals surface area contributed by atoms with Crippen LogP contribution < -0.4 is 5.32 Å². The van der Waals surface area contributed by atoms with Crippen LogP contribution in [0, 0.1) is 17.3 Å². The number of carboxylic acids is 1. The standard InChI is InChI=1S/C14H21N3O4/c1-14(2)9(10(14)12(19)20)11(18)17-5-4-8-7(6-17)15-13(21)16(8)3/h7-10H,4-6H2,1-3H3,(H,15,21)(H,19,20)/t7-,8+,9+,10-/m1/s1. The number of hydrogen-bond acceptors (Lipinski definition) is 3. The van der Waals surface area contributed by atoms with E-state index in [0.717, 1.165) is 6.42 Å². The van der Waals surface area contributed by atoms with Crippen LogP contribution in [0.1, 0.15) is 20.3 Å². The molecule has 21 heavy (non-hydrogen) atoms. The summed E-state index contributed by atoms with van der Waals surface area (Å²) < 4.78 is 0. The highest BCUT2D eigenvalue weighted by Crippen LogP contribution is 2.59. The lowest BCUT2D eigenvalue weighted by Gasteiger charge is -2.36. The number of piperidine rings is 1. The maximum Gasteiger partial charge on any atom is 0.317 e. The zero-order valence-electron chi connectivity index (χ0n) is 12.5. The third kappa shape index (κ3) is 1.98. The van der Waals surface area contributed by atoms with Gasteiger partial charge in [-0.05, 0) is 11.8 Å². The van der Waals surface area contributed by atoms with Gasteiger partial charge >= 0.3 is 12.0 Å². The molecule has 2 aliphatic heterocycles. The fraction of sp³-hybridized carbons (Fsp3) is 0.786. The Bertz CT molecular complexity index is 518. The molecule has 3 fully saturated rings. The summed E-state index contributed by atoms with van der Waals surface area (Å²) in [6, 6.07) is -0.0242. The normalized spacial score (nSPS) is 37.0. The molecule has 3 aliphatic rings. The first kappa shape index (κ1) is 14.2. The third-order valence-electron chi connectivity index (χ3n) is 5.37. The van der Waals surface area contributed by atoms with Gasteiger partial charge in [0, 0.05) is 20.1 Å². The molecule has 1 aliphatic carbocycles. The molecule has 0 bridgehead atoms. The Kier molecular flexibility index (Phi) is 2.93. The largest absolute Gasteiger partial charge is 0.481 e. The molecule has 2 N–H and O–H groups in total. The molecular weight excluding hydrogens is 274 g/mol. The van der Waals surface area contributed by atoms with Gasteiger partial charge in [-0.1, -0.05) is 13.8 Å². The van der Waals surface area contributed by atoms with Crippen LogP contribution >= 0.6 is 0 Å². The van der Waals surface area contributed by atoms with Crippen molar-refractivity contribution < 1.29 is 19.5 Å². The van der Waals surface area contributed by atoms with E-state index in [9.17, 15) is 19.5 Å². The summed E-state index contributed by atoms with van der Waals surface area (Å²) in [5.41, 5.74) is -0.477. The van der Waals surface area contributed by atoms with Gasteiger partial charge in [0.25, 0.3) is 0 Å². The first-order valence-electron chi connectivity index (χ1n) is 7.30. The second-order valence-corrected chi connectivity index (χ2v) is 6.92. The number of carboxylic acid groups (broad SMARTS) is 1. The van der Waals surface area contributed by atoms with Crippen LogP contribution in [-0.4, -0.2) is 65.0 Å². The van der Waals surface area contributed by atoms with E-state index in [1.165, 1.54) is 0 Å². The van der Waals surface area contributed by atoms with E-state index >= 15 is 0 Å². The lowest BCUT2D eigenvalue weighted by Crippen LogP contribution is -2.53. The molecular formula is C14H21N3O4. The van der Waals surface area contributed by atoms with Gasteiger partial charge in [-0.15, -0.1) is 0 Å². The SMILES string of the molecule is CN1C(=O)N[C@@H]2CN(C(=O)[C@@H]3[C@H](C(=O)O)C3(C)C)CC[C@@H]21. The minimum absolute atomic E-state index is 0.0506. The van der Waals surface area contributed by atoms with Crippen molar-refractivity contribution in [2.24, 2.45) is 17.3 Å². The van der Waals surface area contributed by atoms with Crippen molar-refractivity contribution in [2.75, 3.05) is 20.1 Å². The summed E-state index contributed by atoms with van der Waals surface area (Å²) in [5, 5.41) is 12.1. The summed E-state index contributed by atoms with van der Waals surface area (Å²) in [7, 11) is 1.77. The number of likely N-dealkylation sites (tertiary alicyclic amines) is 1. The molecule has 3 rings (SSSR count). The number of nitrogens with one attached hydrogen (secondary N) is 1. The van der Waals surface area contributed by atoms with Crippen LogP contribution in [0.5, 0.6) is 0 Å². The molecule has 0 aromatic rings. The predicted molar refractivity (Wildman–Crippen MR) is 73.5 cm³/mol. The van der Waals surface area contributed by atoms with E-state index in [2.05, 4.69) is 5.32 Å². The highest BCUT2D eigenvalue weighted by atomic mass is 16.4. The molecule has 0 spiro atoms. The van der Waals surface area contributed by atoms with E-state index in [4.69, 9.17) is 0 Å². The lowest BCUT2D eigenvalue weighted by molar-refractivity contribution is -0.142. The Morgan fingerprint density at radius 1 is 1.33 bits per heavy atom. The Hall–Kier alpha value is -1.79. The van der Waals surface area contributed by atoms with E-state index in [-0.39, 0.29) is 24.0 Å². The van der Waals surface area contributed by atoms with E-state index in [1.54, 1.807) is 16.8 Å². The minimum Gasteiger partial charge on any atom is -0.481 e.